The maximum absolute atomic E-state index is 5.36. The fourth-order valence-electron chi connectivity index (χ4n) is 0.789. The molecule has 1 aromatic rings. The molecule has 13 heavy (non-hydrogen) atoms. The van der Waals surface area contributed by atoms with Crippen molar-refractivity contribution in [2.75, 3.05) is 13.2 Å². The summed E-state index contributed by atoms with van der Waals surface area (Å²) in [7, 11) is 0. The van der Waals surface area contributed by atoms with E-state index >= 15 is 0 Å². The highest BCUT2D eigenvalue weighted by Gasteiger charge is 1.96. The van der Waals surface area contributed by atoms with Gasteiger partial charge in [0.15, 0.2) is 0 Å². The first-order valence-electron chi connectivity index (χ1n) is 3.51. The van der Waals surface area contributed by atoms with E-state index in [2.05, 4.69) is 38.5 Å². The predicted octanol–water partition coefficient (Wildman–Crippen LogP) is 2.81. The quantitative estimate of drug-likeness (QED) is 0.821. The Balaban J connectivity index is 0.00000144. The van der Waals surface area contributed by atoms with Crippen LogP contribution in [0.5, 0.6) is 5.75 Å². The van der Waals surface area contributed by atoms with Crippen LogP contribution in [0.25, 0.3) is 0 Å². The van der Waals surface area contributed by atoms with Crippen LogP contribution in [0.15, 0.2) is 22.7 Å². The van der Waals surface area contributed by atoms with Gasteiger partial charge in [-0.05, 0) is 40.8 Å². The van der Waals surface area contributed by atoms with E-state index in [0.29, 0.717) is 13.2 Å². The molecular weight excluding hydrogens is 368 g/mol. The lowest BCUT2D eigenvalue weighted by atomic mass is 10.3. The highest BCUT2D eigenvalue weighted by molar-refractivity contribution is 14.1. The van der Waals surface area contributed by atoms with Crippen LogP contribution in [0.1, 0.15) is 0 Å². The van der Waals surface area contributed by atoms with E-state index in [9.17, 15) is 0 Å². The predicted molar refractivity (Wildman–Crippen MR) is 68.7 cm³/mol. The second-order valence-corrected chi connectivity index (χ2v) is 4.40. The van der Waals surface area contributed by atoms with Crippen molar-refractivity contribution in [1.29, 1.82) is 0 Å². The Bertz CT molecular complexity index is 252. The minimum absolute atomic E-state index is 0. The average Bonchev–Trinajstić information content (AvgIpc) is 1.99. The molecule has 0 heterocycles. The van der Waals surface area contributed by atoms with Gasteiger partial charge in [0, 0.05) is 14.6 Å². The normalized spacial score (nSPS) is 9.15. The second kappa shape index (κ2) is 6.86. The third kappa shape index (κ3) is 5.05. The van der Waals surface area contributed by atoms with Crippen molar-refractivity contribution in [1.82, 2.24) is 0 Å². The molecule has 0 saturated heterocycles. The molecule has 0 saturated carbocycles. The minimum atomic E-state index is 0. The molecule has 1 aromatic carbocycles. The Morgan fingerprint density at radius 2 is 2.08 bits per heavy atom. The topological polar surface area (TPSA) is 35.2 Å². The van der Waals surface area contributed by atoms with Gasteiger partial charge in [0.05, 0.1) is 0 Å². The van der Waals surface area contributed by atoms with Gasteiger partial charge in [0.2, 0.25) is 0 Å². The first-order chi connectivity index (χ1) is 5.72. The van der Waals surface area contributed by atoms with Crippen LogP contribution in [0.4, 0.5) is 0 Å². The first kappa shape index (κ1) is 13.5. The Morgan fingerprint density at radius 1 is 1.38 bits per heavy atom. The number of benzene rings is 1. The maximum atomic E-state index is 5.36. The fourth-order valence-corrected chi connectivity index (χ4v) is 2.33. The number of ether oxygens (including phenoxy) is 1. The summed E-state index contributed by atoms with van der Waals surface area (Å²) < 4.78 is 7.53. The smallest absolute Gasteiger partial charge is 0.121 e. The SMILES string of the molecule is Cl.NCCOc1cc(Br)cc(I)c1. The van der Waals surface area contributed by atoms with Crippen LogP contribution in [0.3, 0.4) is 0 Å². The summed E-state index contributed by atoms with van der Waals surface area (Å²) in [6, 6.07) is 5.93. The highest BCUT2D eigenvalue weighted by Crippen LogP contribution is 2.22. The Labute approximate surface area is 106 Å². The summed E-state index contributed by atoms with van der Waals surface area (Å²) in [5, 5.41) is 0. The third-order valence-corrected chi connectivity index (χ3v) is 2.30. The lowest BCUT2D eigenvalue weighted by Crippen LogP contribution is -2.10. The van der Waals surface area contributed by atoms with E-state index in [4.69, 9.17) is 10.5 Å². The summed E-state index contributed by atoms with van der Waals surface area (Å²) in [4.78, 5) is 0. The number of halogens is 3. The first-order valence-corrected chi connectivity index (χ1v) is 5.38. The Kier molecular flexibility index (Phi) is 7.12. The van der Waals surface area contributed by atoms with Gasteiger partial charge in [-0.25, -0.2) is 0 Å². The van der Waals surface area contributed by atoms with Crippen molar-refractivity contribution in [3.05, 3.63) is 26.2 Å². The van der Waals surface area contributed by atoms with Crippen LogP contribution in [-0.4, -0.2) is 13.2 Å². The van der Waals surface area contributed by atoms with Gasteiger partial charge in [-0.15, -0.1) is 12.4 Å². The third-order valence-electron chi connectivity index (χ3n) is 1.22. The van der Waals surface area contributed by atoms with Crippen LogP contribution in [0.2, 0.25) is 0 Å². The monoisotopic (exact) mass is 377 g/mol. The van der Waals surface area contributed by atoms with Crippen molar-refractivity contribution in [3.8, 4) is 5.75 Å². The molecule has 0 aliphatic rings. The molecule has 1 rings (SSSR count). The summed E-state index contributed by atoms with van der Waals surface area (Å²) >= 11 is 5.63. The molecular formula is C8H10BrClINO. The van der Waals surface area contributed by atoms with Gasteiger partial charge in [-0.1, -0.05) is 15.9 Å². The van der Waals surface area contributed by atoms with Crippen molar-refractivity contribution >= 4 is 50.9 Å². The average molecular weight is 378 g/mol. The summed E-state index contributed by atoms with van der Waals surface area (Å²) in [5.41, 5.74) is 5.31. The molecule has 2 N–H and O–H groups in total. The molecule has 0 fully saturated rings. The number of hydrogen-bond donors (Lipinski definition) is 1. The Morgan fingerprint density at radius 3 is 2.62 bits per heavy atom. The summed E-state index contributed by atoms with van der Waals surface area (Å²) in [6.07, 6.45) is 0. The molecule has 0 aliphatic carbocycles. The largest absolute Gasteiger partial charge is 0.492 e. The van der Waals surface area contributed by atoms with Crippen LogP contribution >= 0.6 is 50.9 Å². The number of hydrogen-bond acceptors (Lipinski definition) is 2. The molecule has 0 bridgehead atoms. The molecule has 2 nitrogen and oxygen atoms in total. The molecule has 5 heteroatoms. The van der Waals surface area contributed by atoms with Gasteiger partial charge in [-0.3, -0.25) is 0 Å². The number of nitrogens with two attached hydrogens (primary N) is 1. The fraction of sp³-hybridized carbons (Fsp3) is 0.250. The summed E-state index contributed by atoms with van der Waals surface area (Å²) in [6.45, 7) is 1.11. The highest BCUT2D eigenvalue weighted by atomic mass is 127. The zero-order valence-corrected chi connectivity index (χ0v) is 11.4. The minimum Gasteiger partial charge on any atom is -0.492 e. The molecule has 0 atom stereocenters. The molecule has 0 spiro atoms. The van der Waals surface area contributed by atoms with Gasteiger partial charge < -0.3 is 10.5 Å². The molecule has 0 radical (unpaired) electrons. The van der Waals surface area contributed by atoms with E-state index in [1.54, 1.807) is 0 Å². The Hall–Kier alpha value is 0.480. The van der Waals surface area contributed by atoms with E-state index < -0.39 is 0 Å². The van der Waals surface area contributed by atoms with E-state index in [-0.39, 0.29) is 12.4 Å². The number of rotatable bonds is 3. The van der Waals surface area contributed by atoms with Gasteiger partial charge in [0.25, 0.3) is 0 Å². The van der Waals surface area contributed by atoms with E-state index in [1.165, 1.54) is 0 Å². The van der Waals surface area contributed by atoms with Gasteiger partial charge >= 0.3 is 0 Å². The lowest BCUT2D eigenvalue weighted by Gasteiger charge is -2.04. The zero-order chi connectivity index (χ0) is 8.97. The van der Waals surface area contributed by atoms with E-state index in [0.717, 1.165) is 13.8 Å². The molecule has 74 valence electrons. The van der Waals surface area contributed by atoms with Crippen molar-refractivity contribution in [2.45, 2.75) is 0 Å². The van der Waals surface area contributed by atoms with Crippen LogP contribution in [0, 0.1) is 3.57 Å². The molecule has 0 aromatic heterocycles. The van der Waals surface area contributed by atoms with Crippen LogP contribution in [-0.2, 0) is 0 Å². The van der Waals surface area contributed by atoms with Crippen molar-refractivity contribution in [2.24, 2.45) is 5.73 Å². The maximum Gasteiger partial charge on any atom is 0.121 e. The standard InChI is InChI=1S/C8H9BrINO.ClH/c9-6-3-7(10)5-8(4-6)12-2-1-11;/h3-5H,1-2,11H2;1H. The second-order valence-electron chi connectivity index (χ2n) is 2.24. The zero-order valence-electron chi connectivity index (χ0n) is 6.80. The molecule has 0 unspecified atom stereocenters. The summed E-state index contributed by atoms with van der Waals surface area (Å²) in [5.74, 6) is 0.860. The van der Waals surface area contributed by atoms with E-state index in [1.807, 2.05) is 18.2 Å². The van der Waals surface area contributed by atoms with Crippen molar-refractivity contribution in [3.63, 3.8) is 0 Å². The lowest BCUT2D eigenvalue weighted by molar-refractivity contribution is 0.328. The molecule has 0 amide bonds. The molecule has 0 aliphatic heterocycles. The van der Waals surface area contributed by atoms with Gasteiger partial charge in [0.1, 0.15) is 12.4 Å². The van der Waals surface area contributed by atoms with Crippen molar-refractivity contribution < 1.29 is 4.74 Å². The van der Waals surface area contributed by atoms with Gasteiger partial charge in [-0.2, -0.15) is 0 Å². The van der Waals surface area contributed by atoms with Crippen LogP contribution < -0.4 is 10.5 Å².